The molecule has 0 radical (unpaired) electrons. The quantitative estimate of drug-likeness (QED) is 0.476. The SMILES string of the molecule is O=C1C(=Cc2cc([N+](=O)[O-])cc(Br)c2O)Sc2ccccc21. The van der Waals surface area contributed by atoms with Crippen LogP contribution >= 0.6 is 27.7 Å². The number of aromatic hydroxyl groups is 1. The number of benzene rings is 2. The van der Waals surface area contributed by atoms with E-state index in [9.17, 15) is 20.0 Å². The third-order valence-electron chi connectivity index (χ3n) is 3.15. The number of allylic oxidation sites excluding steroid dienone is 1. The number of non-ortho nitro benzene ring substituents is 1. The molecule has 0 amide bonds. The molecule has 22 heavy (non-hydrogen) atoms. The van der Waals surface area contributed by atoms with E-state index in [1.807, 2.05) is 12.1 Å². The minimum absolute atomic E-state index is 0.137. The molecule has 2 aromatic rings. The van der Waals surface area contributed by atoms with E-state index in [4.69, 9.17) is 0 Å². The molecule has 0 aliphatic carbocycles. The summed E-state index contributed by atoms with van der Waals surface area (Å²) in [7, 11) is 0. The summed E-state index contributed by atoms with van der Waals surface area (Å²) in [6.07, 6.45) is 1.47. The standard InChI is InChI=1S/C15H8BrNO4S/c16-11-7-9(17(20)21)5-8(14(11)18)6-13-15(19)10-3-1-2-4-12(10)22-13/h1-7,18H. The monoisotopic (exact) mass is 377 g/mol. The molecule has 0 unspecified atom stereocenters. The van der Waals surface area contributed by atoms with Crippen LogP contribution in [0, 0.1) is 10.1 Å². The van der Waals surface area contributed by atoms with Crippen molar-refractivity contribution < 1.29 is 14.8 Å². The van der Waals surface area contributed by atoms with Crippen LogP contribution in [-0.4, -0.2) is 15.8 Å². The highest BCUT2D eigenvalue weighted by atomic mass is 79.9. The van der Waals surface area contributed by atoms with Crippen LogP contribution in [0.15, 0.2) is 50.7 Å². The summed E-state index contributed by atoms with van der Waals surface area (Å²) in [6.45, 7) is 0. The third kappa shape index (κ3) is 2.53. The van der Waals surface area contributed by atoms with Crippen LogP contribution in [0.5, 0.6) is 5.75 Å². The summed E-state index contributed by atoms with van der Waals surface area (Å²) >= 11 is 4.37. The van der Waals surface area contributed by atoms with Gasteiger partial charge in [0.2, 0.25) is 5.78 Å². The van der Waals surface area contributed by atoms with Gasteiger partial charge in [-0.2, -0.15) is 0 Å². The Kier molecular flexibility index (Phi) is 3.76. The first-order chi connectivity index (χ1) is 10.5. The number of Topliss-reactive ketones (excluding diaryl/α,β-unsaturated/α-hetero) is 1. The lowest BCUT2D eigenvalue weighted by molar-refractivity contribution is -0.385. The fourth-order valence-electron chi connectivity index (χ4n) is 2.10. The molecule has 110 valence electrons. The topological polar surface area (TPSA) is 80.4 Å². The first kappa shape index (κ1) is 14.8. The Morgan fingerprint density at radius 1 is 1.27 bits per heavy atom. The summed E-state index contributed by atoms with van der Waals surface area (Å²) in [5.74, 6) is -0.287. The van der Waals surface area contributed by atoms with Crippen LogP contribution in [0.4, 0.5) is 5.69 Å². The summed E-state index contributed by atoms with van der Waals surface area (Å²) in [4.78, 5) is 23.9. The second kappa shape index (κ2) is 5.58. The number of thioether (sulfide) groups is 1. The van der Waals surface area contributed by atoms with Gasteiger partial charge in [0.25, 0.3) is 5.69 Å². The maximum absolute atomic E-state index is 12.3. The molecule has 0 saturated heterocycles. The van der Waals surface area contributed by atoms with Crippen molar-refractivity contribution >= 4 is 45.2 Å². The van der Waals surface area contributed by atoms with Gasteiger partial charge >= 0.3 is 0 Å². The Morgan fingerprint density at radius 2 is 2.00 bits per heavy atom. The maximum Gasteiger partial charge on any atom is 0.271 e. The number of nitrogens with zero attached hydrogens (tertiary/aromatic N) is 1. The minimum atomic E-state index is -0.551. The van der Waals surface area contributed by atoms with Gasteiger partial charge in [-0.1, -0.05) is 23.9 Å². The lowest BCUT2D eigenvalue weighted by atomic mass is 10.1. The number of fused-ring (bicyclic) bond motifs is 1. The van der Waals surface area contributed by atoms with Crippen molar-refractivity contribution in [2.45, 2.75) is 4.90 Å². The summed E-state index contributed by atoms with van der Waals surface area (Å²) in [5, 5.41) is 20.9. The molecule has 1 heterocycles. The van der Waals surface area contributed by atoms with Crippen LogP contribution < -0.4 is 0 Å². The average Bonchev–Trinajstić information content (AvgIpc) is 2.80. The zero-order chi connectivity index (χ0) is 15.9. The fourth-order valence-corrected chi connectivity index (χ4v) is 3.60. The summed E-state index contributed by atoms with van der Waals surface area (Å²) < 4.78 is 0.210. The van der Waals surface area contributed by atoms with Gasteiger partial charge in [-0.05, 0) is 34.1 Å². The second-order valence-electron chi connectivity index (χ2n) is 4.56. The summed E-state index contributed by atoms with van der Waals surface area (Å²) in [6, 6.07) is 9.64. The van der Waals surface area contributed by atoms with E-state index in [0.29, 0.717) is 10.5 Å². The highest BCUT2D eigenvalue weighted by molar-refractivity contribution is 9.10. The minimum Gasteiger partial charge on any atom is -0.506 e. The van der Waals surface area contributed by atoms with Crippen LogP contribution in [0.3, 0.4) is 0 Å². The molecular weight excluding hydrogens is 370 g/mol. The first-order valence-electron chi connectivity index (χ1n) is 6.17. The van der Waals surface area contributed by atoms with E-state index in [2.05, 4.69) is 15.9 Å². The molecular formula is C15H8BrNO4S. The number of carbonyl (C=O) groups excluding carboxylic acids is 1. The maximum atomic E-state index is 12.3. The molecule has 2 aromatic carbocycles. The fraction of sp³-hybridized carbons (Fsp3) is 0. The number of hydrogen-bond acceptors (Lipinski definition) is 5. The Morgan fingerprint density at radius 3 is 2.68 bits per heavy atom. The zero-order valence-corrected chi connectivity index (χ0v) is 13.3. The van der Waals surface area contributed by atoms with Crippen molar-refractivity contribution in [1.82, 2.24) is 0 Å². The second-order valence-corrected chi connectivity index (χ2v) is 6.50. The molecule has 0 spiro atoms. The van der Waals surface area contributed by atoms with E-state index in [-0.39, 0.29) is 27.3 Å². The molecule has 0 saturated carbocycles. The number of nitro benzene ring substituents is 1. The Bertz CT molecular complexity index is 847. The molecule has 7 heteroatoms. The molecule has 0 fully saturated rings. The van der Waals surface area contributed by atoms with Gasteiger partial charge in [-0.25, -0.2) is 0 Å². The highest BCUT2D eigenvalue weighted by Gasteiger charge is 2.26. The van der Waals surface area contributed by atoms with Crippen molar-refractivity contribution in [3.63, 3.8) is 0 Å². The number of nitro groups is 1. The van der Waals surface area contributed by atoms with E-state index < -0.39 is 4.92 Å². The Labute approximate surface area is 137 Å². The lowest BCUT2D eigenvalue weighted by Crippen LogP contribution is -1.94. The van der Waals surface area contributed by atoms with Crippen molar-refractivity contribution in [3.05, 3.63) is 67.0 Å². The molecule has 1 N–H and O–H groups in total. The van der Waals surface area contributed by atoms with Crippen molar-refractivity contribution in [2.75, 3.05) is 0 Å². The number of carbonyl (C=O) groups is 1. The van der Waals surface area contributed by atoms with Crippen molar-refractivity contribution in [1.29, 1.82) is 0 Å². The zero-order valence-electron chi connectivity index (χ0n) is 10.9. The van der Waals surface area contributed by atoms with E-state index in [1.54, 1.807) is 12.1 Å². The predicted molar refractivity (Wildman–Crippen MR) is 87.1 cm³/mol. The third-order valence-corrected chi connectivity index (χ3v) is 4.85. The highest BCUT2D eigenvalue weighted by Crippen LogP contribution is 2.42. The van der Waals surface area contributed by atoms with Crippen molar-refractivity contribution in [3.8, 4) is 5.75 Å². The molecule has 3 rings (SSSR count). The van der Waals surface area contributed by atoms with Gasteiger partial charge < -0.3 is 5.11 Å². The van der Waals surface area contributed by atoms with Crippen LogP contribution in [0.2, 0.25) is 0 Å². The van der Waals surface area contributed by atoms with Gasteiger partial charge in [0, 0.05) is 28.2 Å². The van der Waals surface area contributed by atoms with Gasteiger partial charge in [0.05, 0.1) is 14.3 Å². The molecule has 0 bridgehead atoms. The smallest absolute Gasteiger partial charge is 0.271 e. The number of halogens is 1. The molecule has 1 aliphatic heterocycles. The van der Waals surface area contributed by atoms with E-state index >= 15 is 0 Å². The van der Waals surface area contributed by atoms with Gasteiger partial charge in [-0.15, -0.1) is 0 Å². The van der Waals surface area contributed by atoms with Gasteiger partial charge in [0.15, 0.2) is 0 Å². The molecule has 0 atom stereocenters. The van der Waals surface area contributed by atoms with E-state index in [1.165, 1.54) is 30.0 Å². The van der Waals surface area contributed by atoms with Crippen molar-refractivity contribution in [2.24, 2.45) is 0 Å². The van der Waals surface area contributed by atoms with Crippen LogP contribution in [0.25, 0.3) is 6.08 Å². The van der Waals surface area contributed by atoms with Crippen LogP contribution in [-0.2, 0) is 0 Å². The molecule has 1 aliphatic rings. The molecule has 0 aromatic heterocycles. The number of phenols is 1. The average molecular weight is 378 g/mol. The first-order valence-corrected chi connectivity index (χ1v) is 7.78. The number of rotatable bonds is 2. The Balaban J connectivity index is 2.07. The van der Waals surface area contributed by atoms with Crippen LogP contribution in [0.1, 0.15) is 15.9 Å². The lowest BCUT2D eigenvalue weighted by Gasteiger charge is -2.03. The summed E-state index contributed by atoms with van der Waals surface area (Å²) in [5.41, 5.74) is 0.664. The number of hydrogen-bond donors (Lipinski definition) is 1. The number of phenolic OH excluding ortho intramolecular Hbond substituents is 1. The molecule has 5 nitrogen and oxygen atoms in total. The number of ketones is 1. The predicted octanol–water partition coefficient (Wildman–Crippen LogP) is 4.39. The van der Waals surface area contributed by atoms with E-state index in [0.717, 1.165) is 4.90 Å². The Hall–Kier alpha value is -2.12. The normalized spacial score (nSPS) is 15.1. The van der Waals surface area contributed by atoms with Gasteiger partial charge in [-0.3, -0.25) is 14.9 Å². The largest absolute Gasteiger partial charge is 0.506 e. The van der Waals surface area contributed by atoms with Gasteiger partial charge in [0.1, 0.15) is 5.75 Å².